The van der Waals surface area contributed by atoms with Crippen molar-refractivity contribution in [2.45, 2.75) is 25.4 Å². The molecule has 0 radical (unpaired) electrons. The van der Waals surface area contributed by atoms with Gasteiger partial charge in [-0.25, -0.2) is 4.68 Å². The van der Waals surface area contributed by atoms with E-state index in [4.69, 9.17) is 0 Å². The van der Waals surface area contributed by atoms with Crippen LogP contribution in [0.25, 0.3) is 0 Å². The van der Waals surface area contributed by atoms with Gasteiger partial charge in [0.05, 0.1) is 24.6 Å². The first kappa shape index (κ1) is 15.5. The quantitative estimate of drug-likeness (QED) is 0.668. The number of hydrogen-bond acceptors (Lipinski definition) is 5. The highest BCUT2D eigenvalue weighted by Crippen LogP contribution is 2.21. The van der Waals surface area contributed by atoms with Crippen molar-refractivity contribution in [2.24, 2.45) is 0 Å². The number of amides is 1. The molecule has 1 amide bonds. The van der Waals surface area contributed by atoms with Crippen LogP contribution in [-0.4, -0.2) is 53.9 Å². The van der Waals surface area contributed by atoms with Crippen molar-refractivity contribution < 1.29 is 4.79 Å². The Morgan fingerprint density at radius 3 is 2.64 bits per heavy atom. The third kappa shape index (κ3) is 3.57. The highest BCUT2D eigenvalue weighted by atomic mass is 16.2. The zero-order chi connectivity index (χ0) is 17.1. The Morgan fingerprint density at radius 2 is 1.88 bits per heavy atom. The van der Waals surface area contributed by atoms with Gasteiger partial charge >= 0.3 is 0 Å². The standard InChI is InChI=1S/C17H19N7O/c25-17(7-6-14-4-2-1-3-5-14)22-12-16(13-22)23-10-15(20-21-23)11-24-18-8-9-19-24/h1-5,8-10,16H,6-7,11-13H2. The number of aryl methyl sites for hydroxylation is 1. The summed E-state index contributed by atoms with van der Waals surface area (Å²) < 4.78 is 1.83. The SMILES string of the molecule is O=C(CCc1ccccc1)N1CC(n2cc(Cn3nccn3)nn2)C1. The van der Waals surface area contributed by atoms with Crippen LogP contribution in [0.3, 0.4) is 0 Å². The lowest BCUT2D eigenvalue weighted by Gasteiger charge is -2.39. The van der Waals surface area contributed by atoms with E-state index in [1.165, 1.54) is 5.56 Å². The number of likely N-dealkylation sites (tertiary alicyclic amines) is 1. The van der Waals surface area contributed by atoms with Crippen LogP contribution < -0.4 is 0 Å². The average molecular weight is 337 g/mol. The molecule has 0 aliphatic carbocycles. The number of benzene rings is 1. The van der Waals surface area contributed by atoms with Crippen LogP contribution in [-0.2, 0) is 17.8 Å². The van der Waals surface area contributed by atoms with Crippen LogP contribution in [0.2, 0.25) is 0 Å². The molecule has 1 saturated heterocycles. The number of nitrogens with zero attached hydrogens (tertiary/aromatic N) is 7. The Kier molecular flexibility index (Phi) is 4.24. The van der Waals surface area contributed by atoms with Crippen molar-refractivity contribution in [3.05, 3.63) is 60.2 Å². The van der Waals surface area contributed by atoms with E-state index in [1.54, 1.807) is 17.2 Å². The third-order valence-corrected chi connectivity index (χ3v) is 4.39. The van der Waals surface area contributed by atoms with Crippen LogP contribution in [0.1, 0.15) is 23.7 Å². The smallest absolute Gasteiger partial charge is 0.223 e. The summed E-state index contributed by atoms with van der Waals surface area (Å²) >= 11 is 0. The van der Waals surface area contributed by atoms with Crippen molar-refractivity contribution in [3.8, 4) is 0 Å². The van der Waals surface area contributed by atoms with Gasteiger partial charge < -0.3 is 4.90 Å². The third-order valence-electron chi connectivity index (χ3n) is 4.39. The van der Waals surface area contributed by atoms with Crippen molar-refractivity contribution in [1.82, 2.24) is 34.9 Å². The van der Waals surface area contributed by atoms with Gasteiger partial charge in [0.15, 0.2) is 0 Å². The Labute approximate surface area is 145 Å². The molecule has 4 rings (SSSR count). The minimum absolute atomic E-state index is 0.196. The van der Waals surface area contributed by atoms with E-state index in [2.05, 4.69) is 32.6 Å². The Bertz CT molecular complexity index is 822. The summed E-state index contributed by atoms with van der Waals surface area (Å²) in [6.45, 7) is 1.88. The zero-order valence-corrected chi connectivity index (χ0v) is 13.8. The molecule has 0 N–H and O–H groups in total. The maximum atomic E-state index is 12.3. The molecular formula is C17H19N7O. The number of carbonyl (C=O) groups is 1. The molecule has 1 fully saturated rings. The fourth-order valence-corrected chi connectivity index (χ4v) is 2.91. The van der Waals surface area contributed by atoms with Crippen LogP contribution in [0, 0.1) is 0 Å². The van der Waals surface area contributed by atoms with E-state index in [0.717, 1.165) is 12.1 Å². The second kappa shape index (κ2) is 6.84. The molecule has 1 aliphatic rings. The molecule has 8 nitrogen and oxygen atoms in total. The molecule has 0 bridgehead atoms. The Balaban J connectivity index is 1.26. The van der Waals surface area contributed by atoms with Gasteiger partial charge in [-0.1, -0.05) is 35.5 Å². The van der Waals surface area contributed by atoms with E-state index in [9.17, 15) is 4.79 Å². The van der Waals surface area contributed by atoms with Crippen LogP contribution in [0.15, 0.2) is 48.9 Å². The molecule has 1 aliphatic heterocycles. The maximum Gasteiger partial charge on any atom is 0.223 e. The van der Waals surface area contributed by atoms with Gasteiger partial charge in [-0.15, -0.1) is 5.10 Å². The lowest BCUT2D eigenvalue weighted by atomic mass is 10.1. The van der Waals surface area contributed by atoms with Crippen LogP contribution in [0.4, 0.5) is 0 Å². The minimum Gasteiger partial charge on any atom is -0.338 e. The largest absolute Gasteiger partial charge is 0.338 e. The van der Waals surface area contributed by atoms with Crippen molar-refractivity contribution in [1.29, 1.82) is 0 Å². The molecule has 0 spiro atoms. The van der Waals surface area contributed by atoms with Gasteiger partial charge in [0.2, 0.25) is 5.91 Å². The molecule has 128 valence electrons. The monoisotopic (exact) mass is 337 g/mol. The van der Waals surface area contributed by atoms with Gasteiger partial charge in [0, 0.05) is 19.5 Å². The molecule has 25 heavy (non-hydrogen) atoms. The van der Waals surface area contributed by atoms with Gasteiger partial charge in [0.1, 0.15) is 12.2 Å². The van der Waals surface area contributed by atoms with Gasteiger partial charge in [-0.05, 0) is 12.0 Å². The summed E-state index contributed by atoms with van der Waals surface area (Å²) in [6, 6.07) is 10.3. The lowest BCUT2D eigenvalue weighted by Crippen LogP contribution is -2.51. The topological polar surface area (TPSA) is 81.7 Å². The van der Waals surface area contributed by atoms with Crippen molar-refractivity contribution in [3.63, 3.8) is 0 Å². The molecule has 3 aromatic rings. The highest BCUT2D eigenvalue weighted by molar-refractivity contribution is 5.77. The van der Waals surface area contributed by atoms with E-state index in [-0.39, 0.29) is 11.9 Å². The highest BCUT2D eigenvalue weighted by Gasteiger charge is 2.32. The molecular weight excluding hydrogens is 318 g/mol. The van der Waals surface area contributed by atoms with Gasteiger partial charge in [-0.3, -0.25) is 4.79 Å². The summed E-state index contributed by atoms with van der Waals surface area (Å²) in [6.07, 6.45) is 6.50. The van der Waals surface area contributed by atoms with E-state index >= 15 is 0 Å². The fourth-order valence-electron chi connectivity index (χ4n) is 2.91. The summed E-state index contributed by atoms with van der Waals surface area (Å²) in [5, 5.41) is 16.4. The lowest BCUT2D eigenvalue weighted by molar-refractivity contribution is -0.137. The number of aromatic nitrogens is 6. The second-order valence-corrected chi connectivity index (χ2v) is 6.19. The molecule has 1 aromatic carbocycles. The first-order chi connectivity index (χ1) is 12.3. The number of rotatable bonds is 6. The molecule has 8 heteroatoms. The normalized spacial score (nSPS) is 14.5. The average Bonchev–Trinajstić information content (AvgIpc) is 3.25. The molecule has 2 aromatic heterocycles. The van der Waals surface area contributed by atoms with Crippen molar-refractivity contribution in [2.75, 3.05) is 13.1 Å². The zero-order valence-electron chi connectivity index (χ0n) is 13.8. The molecule has 0 unspecified atom stereocenters. The molecule has 0 atom stereocenters. The summed E-state index contributed by atoms with van der Waals surface area (Å²) in [4.78, 5) is 15.7. The first-order valence-corrected chi connectivity index (χ1v) is 8.34. The van der Waals surface area contributed by atoms with Crippen LogP contribution >= 0.6 is 0 Å². The number of carbonyl (C=O) groups excluding carboxylic acids is 1. The van der Waals surface area contributed by atoms with E-state index in [0.29, 0.717) is 26.1 Å². The Morgan fingerprint density at radius 1 is 1.12 bits per heavy atom. The summed E-state index contributed by atoms with van der Waals surface area (Å²) in [7, 11) is 0. The fraction of sp³-hybridized carbons (Fsp3) is 0.353. The summed E-state index contributed by atoms with van der Waals surface area (Å²) in [5.41, 5.74) is 2.01. The van der Waals surface area contributed by atoms with E-state index < -0.39 is 0 Å². The van der Waals surface area contributed by atoms with Crippen LogP contribution in [0.5, 0.6) is 0 Å². The van der Waals surface area contributed by atoms with E-state index in [1.807, 2.05) is 34.0 Å². The Hall–Kier alpha value is -3.03. The minimum atomic E-state index is 0.196. The molecule has 3 heterocycles. The predicted molar refractivity (Wildman–Crippen MR) is 89.5 cm³/mol. The van der Waals surface area contributed by atoms with Crippen molar-refractivity contribution >= 4 is 5.91 Å². The van der Waals surface area contributed by atoms with Gasteiger partial charge in [0.25, 0.3) is 0 Å². The number of hydrogen-bond donors (Lipinski definition) is 0. The first-order valence-electron chi connectivity index (χ1n) is 8.34. The second-order valence-electron chi connectivity index (χ2n) is 6.19. The maximum absolute atomic E-state index is 12.3. The molecule has 0 saturated carbocycles. The predicted octanol–water partition coefficient (Wildman–Crippen LogP) is 0.934. The summed E-state index contributed by atoms with van der Waals surface area (Å²) in [5.74, 6) is 0.196. The van der Waals surface area contributed by atoms with Gasteiger partial charge in [-0.2, -0.15) is 15.0 Å².